The molecule has 0 aliphatic carbocycles. The van der Waals surface area contributed by atoms with Crippen LogP contribution in [0.4, 0.5) is 0 Å². The lowest BCUT2D eigenvalue weighted by Crippen LogP contribution is -2.39. The van der Waals surface area contributed by atoms with Crippen LogP contribution in [0.1, 0.15) is 23.7 Å². The number of nitrogens with one attached hydrogen (secondary N) is 1. The molecule has 2 N–H and O–H groups in total. The molecule has 6 nitrogen and oxygen atoms in total. The molecule has 0 spiro atoms. The first-order valence-corrected chi connectivity index (χ1v) is 7.84. The highest BCUT2D eigenvalue weighted by molar-refractivity contribution is 7.89. The molecule has 1 aromatic carbocycles. The predicted molar refractivity (Wildman–Crippen MR) is 72.6 cm³/mol. The van der Waals surface area contributed by atoms with Gasteiger partial charge in [0.05, 0.1) is 22.7 Å². The van der Waals surface area contributed by atoms with Crippen molar-refractivity contribution in [2.75, 3.05) is 6.61 Å². The molecule has 1 aliphatic rings. The summed E-state index contributed by atoms with van der Waals surface area (Å²) < 4.78 is 32.4. The lowest BCUT2D eigenvalue weighted by Gasteiger charge is -2.17. The van der Waals surface area contributed by atoms with E-state index in [2.05, 4.69) is 4.72 Å². The Labute approximate surface area is 121 Å². The van der Waals surface area contributed by atoms with Crippen LogP contribution in [0.25, 0.3) is 0 Å². The Hall–Kier alpha value is -1.15. The SMILES string of the molecule is CC1OCCC1NS(=O)(=O)c1cc(C(=O)O)ccc1Cl. The molecule has 110 valence electrons. The van der Waals surface area contributed by atoms with Gasteiger partial charge in [-0.1, -0.05) is 11.6 Å². The fourth-order valence-electron chi connectivity index (χ4n) is 1.99. The summed E-state index contributed by atoms with van der Waals surface area (Å²) in [4.78, 5) is 10.7. The van der Waals surface area contributed by atoms with Crippen LogP contribution >= 0.6 is 11.6 Å². The number of ether oxygens (including phenoxy) is 1. The monoisotopic (exact) mass is 319 g/mol. The van der Waals surface area contributed by atoms with Gasteiger partial charge in [-0.2, -0.15) is 0 Å². The number of hydrogen-bond acceptors (Lipinski definition) is 4. The van der Waals surface area contributed by atoms with Gasteiger partial charge >= 0.3 is 5.97 Å². The topological polar surface area (TPSA) is 92.7 Å². The maximum absolute atomic E-state index is 12.3. The number of halogens is 1. The zero-order valence-electron chi connectivity index (χ0n) is 10.7. The first-order valence-electron chi connectivity index (χ1n) is 5.98. The van der Waals surface area contributed by atoms with E-state index in [0.29, 0.717) is 13.0 Å². The number of carboxylic acid groups (broad SMARTS) is 1. The van der Waals surface area contributed by atoms with Crippen LogP contribution in [0, 0.1) is 0 Å². The summed E-state index contributed by atoms with van der Waals surface area (Å²) in [5.74, 6) is -1.21. The molecule has 8 heteroatoms. The van der Waals surface area contributed by atoms with Crippen LogP contribution in [0.3, 0.4) is 0 Å². The number of carbonyl (C=O) groups is 1. The average Bonchev–Trinajstić information content (AvgIpc) is 2.74. The van der Waals surface area contributed by atoms with Gasteiger partial charge in [0.25, 0.3) is 0 Å². The van der Waals surface area contributed by atoms with Gasteiger partial charge in [-0.05, 0) is 31.5 Å². The minimum atomic E-state index is -3.89. The smallest absolute Gasteiger partial charge is 0.335 e. The van der Waals surface area contributed by atoms with E-state index in [1.807, 2.05) is 0 Å². The maximum Gasteiger partial charge on any atom is 0.335 e. The van der Waals surface area contributed by atoms with Crippen LogP contribution in [0.15, 0.2) is 23.1 Å². The molecule has 1 saturated heterocycles. The summed E-state index contributed by atoms with van der Waals surface area (Å²) in [6, 6.07) is 3.22. The van der Waals surface area contributed by atoms with Crippen molar-refractivity contribution in [2.45, 2.75) is 30.4 Å². The van der Waals surface area contributed by atoms with E-state index in [9.17, 15) is 13.2 Å². The van der Waals surface area contributed by atoms with E-state index in [1.54, 1.807) is 6.92 Å². The van der Waals surface area contributed by atoms with Crippen molar-refractivity contribution in [1.82, 2.24) is 4.72 Å². The van der Waals surface area contributed by atoms with E-state index in [4.69, 9.17) is 21.4 Å². The highest BCUT2D eigenvalue weighted by Gasteiger charge is 2.30. The van der Waals surface area contributed by atoms with Crippen molar-refractivity contribution < 1.29 is 23.1 Å². The number of hydrogen-bond donors (Lipinski definition) is 2. The van der Waals surface area contributed by atoms with Crippen molar-refractivity contribution in [3.05, 3.63) is 28.8 Å². The van der Waals surface area contributed by atoms with Crippen molar-refractivity contribution in [3.63, 3.8) is 0 Å². The van der Waals surface area contributed by atoms with E-state index in [0.717, 1.165) is 6.07 Å². The predicted octanol–water partition coefficient (Wildman–Crippen LogP) is 1.49. The van der Waals surface area contributed by atoms with Crippen molar-refractivity contribution in [3.8, 4) is 0 Å². The number of aromatic carboxylic acids is 1. The molecule has 0 amide bonds. The van der Waals surface area contributed by atoms with Gasteiger partial charge < -0.3 is 9.84 Å². The van der Waals surface area contributed by atoms with Gasteiger partial charge in [0, 0.05) is 6.61 Å². The molecular formula is C12H14ClNO5S. The molecule has 1 aromatic rings. The van der Waals surface area contributed by atoms with Crippen molar-refractivity contribution in [1.29, 1.82) is 0 Å². The Bertz CT molecular complexity index is 631. The van der Waals surface area contributed by atoms with Crippen molar-refractivity contribution in [2.24, 2.45) is 0 Å². The zero-order valence-corrected chi connectivity index (χ0v) is 12.2. The van der Waals surface area contributed by atoms with E-state index < -0.39 is 16.0 Å². The van der Waals surface area contributed by atoms with Crippen LogP contribution in [0.2, 0.25) is 5.02 Å². The number of rotatable bonds is 4. The van der Waals surface area contributed by atoms with Gasteiger partial charge in [0.15, 0.2) is 0 Å². The van der Waals surface area contributed by atoms with Gasteiger partial charge in [0.2, 0.25) is 10.0 Å². The quantitative estimate of drug-likeness (QED) is 0.877. The molecule has 2 rings (SSSR count). The van der Waals surface area contributed by atoms with Gasteiger partial charge in [0.1, 0.15) is 4.90 Å². The van der Waals surface area contributed by atoms with Gasteiger partial charge in [-0.3, -0.25) is 0 Å². The summed E-state index contributed by atoms with van der Waals surface area (Å²) in [5.41, 5.74) is -0.134. The molecular weight excluding hydrogens is 306 g/mol. The maximum atomic E-state index is 12.3. The highest BCUT2D eigenvalue weighted by atomic mass is 35.5. The van der Waals surface area contributed by atoms with Crippen molar-refractivity contribution >= 4 is 27.6 Å². The Morgan fingerprint density at radius 3 is 2.75 bits per heavy atom. The fourth-order valence-corrected chi connectivity index (χ4v) is 3.86. The van der Waals surface area contributed by atoms with Crippen LogP contribution in [0.5, 0.6) is 0 Å². The number of benzene rings is 1. The second-order valence-corrected chi connectivity index (χ2v) is 6.63. The first-order chi connectivity index (χ1) is 9.31. The molecule has 2 unspecified atom stereocenters. The van der Waals surface area contributed by atoms with Crippen LogP contribution in [-0.4, -0.2) is 38.2 Å². The van der Waals surface area contributed by atoms with E-state index in [-0.39, 0.29) is 27.6 Å². The minimum Gasteiger partial charge on any atom is -0.478 e. The lowest BCUT2D eigenvalue weighted by atomic mass is 10.2. The van der Waals surface area contributed by atoms with Crippen LogP contribution < -0.4 is 4.72 Å². The Balaban J connectivity index is 2.33. The Morgan fingerprint density at radius 2 is 2.20 bits per heavy atom. The Morgan fingerprint density at radius 1 is 1.50 bits per heavy atom. The molecule has 1 heterocycles. The molecule has 0 bridgehead atoms. The Kier molecular flexibility index (Phi) is 4.33. The summed E-state index contributed by atoms with van der Waals surface area (Å²) in [6.45, 7) is 2.26. The third-order valence-electron chi connectivity index (χ3n) is 3.15. The molecule has 0 radical (unpaired) electrons. The summed E-state index contributed by atoms with van der Waals surface area (Å²) in [7, 11) is -3.89. The third-order valence-corrected chi connectivity index (χ3v) is 5.12. The molecule has 20 heavy (non-hydrogen) atoms. The molecule has 2 atom stereocenters. The first kappa shape index (κ1) is 15.2. The van der Waals surface area contributed by atoms with Gasteiger partial charge in [-0.15, -0.1) is 0 Å². The normalized spacial score (nSPS) is 22.9. The second kappa shape index (κ2) is 5.69. The molecule has 1 aliphatic heterocycles. The van der Waals surface area contributed by atoms with Gasteiger partial charge in [-0.25, -0.2) is 17.9 Å². The highest BCUT2D eigenvalue weighted by Crippen LogP contribution is 2.24. The standard InChI is InChI=1S/C12H14ClNO5S/c1-7-10(4-5-19-7)14-20(17,18)11-6-8(12(15)16)2-3-9(11)13/h2-3,6-7,10,14H,4-5H2,1H3,(H,15,16). The average molecular weight is 320 g/mol. The number of carboxylic acids is 1. The minimum absolute atomic E-state index is 0.0194. The zero-order chi connectivity index (χ0) is 14.9. The van der Waals surface area contributed by atoms with Crippen LogP contribution in [-0.2, 0) is 14.8 Å². The number of sulfonamides is 1. The summed E-state index contributed by atoms with van der Waals surface area (Å²) in [5, 5.41) is 8.89. The second-order valence-electron chi connectivity index (χ2n) is 4.54. The molecule has 0 saturated carbocycles. The van der Waals surface area contributed by atoms with E-state index in [1.165, 1.54) is 12.1 Å². The van der Waals surface area contributed by atoms with E-state index >= 15 is 0 Å². The molecule has 1 fully saturated rings. The molecule has 0 aromatic heterocycles. The fraction of sp³-hybridized carbons (Fsp3) is 0.417. The largest absolute Gasteiger partial charge is 0.478 e. The third kappa shape index (κ3) is 3.12. The lowest BCUT2D eigenvalue weighted by molar-refractivity contribution is 0.0696. The summed E-state index contributed by atoms with van der Waals surface area (Å²) in [6.07, 6.45) is 0.336. The summed E-state index contributed by atoms with van der Waals surface area (Å²) >= 11 is 5.86.